The monoisotopic (exact) mass is 294 g/mol. The van der Waals surface area contributed by atoms with Crippen LogP contribution < -0.4 is 0 Å². The molecule has 22 heavy (non-hydrogen) atoms. The van der Waals surface area contributed by atoms with E-state index in [0.29, 0.717) is 5.56 Å². The van der Waals surface area contributed by atoms with Gasteiger partial charge in [0.25, 0.3) is 5.91 Å². The molecule has 0 fully saturated rings. The minimum atomic E-state index is -0.170. The van der Waals surface area contributed by atoms with Gasteiger partial charge in [0.05, 0.1) is 7.11 Å². The van der Waals surface area contributed by atoms with E-state index in [0.717, 1.165) is 16.6 Å². The van der Waals surface area contributed by atoms with Crippen molar-refractivity contribution in [3.8, 4) is 11.3 Å². The van der Waals surface area contributed by atoms with Crippen LogP contribution in [0.3, 0.4) is 0 Å². The fourth-order valence-corrected chi connectivity index (χ4v) is 2.54. The fourth-order valence-electron chi connectivity index (χ4n) is 2.54. The summed E-state index contributed by atoms with van der Waals surface area (Å²) in [4.78, 5) is 20.5. The Morgan fingerprint density at radius 3 is 2.64 bits per heavy atom. The zero-order valence-corrected chi connectivity index (χ0v) is 12.9. The van der Waals surface area contributed by atoms with Gasteiger partial charge in [-0.25, -0.2) is 5.06 Å². The van der Waals surface area contributed by atoms with Gasteiger partial charge in [-0.15, -0.1) is 0 Å². The van der Waals surface area contributed by atoms with Crippen LogP contribution in [0.15, 0.2) is 48.5 Å². The van der Waals surface area contributed by atoms with Gasteiger partial charge in [-0.2, -0.15) is 0 Å². The van der Waals surface area contributed by atoms with E-state index in [1.54, 1.807) is 7.05 Å². The molecule has 0 aliphatic heterocycles. The highest BCUT2D eigenvalue weighted by Crippen LogP contribution is 2.27. The van der Waals surface area contributed by atoms with Crippen LogP contribution in [-0.4, -0.2) is 30.1 Å². The van der Waals surface area contributed by atoms with Gasteiger partial charge in [-0.1, -0.05) is 30.3 Å². The minimum Gasteiger partial charge on any atom is -0.355 e. The van der Waals surface area contributed by atoms with Crippen LogP contribution in [0.5, 0.6) is 0 Å². The molecule has 1 amide bonds. The first-order valence-electron chi connectivity index (χ1n) is 7.11. The molecule has 0 saturated carbocycles. The van der Waals surface area contributed by atoms with E-state index in [-0.39, 0.29) is 5.91 Å². The quantitative estimate of drug-likeness (QED) is 0.747. The number of hydrogen-bond donors (Lipinski definition) is 1. The van der Waals surface area contributed by atoms with Crippen molar-refractivity contribution in [1.29, 1.82) is 0 Å². The SMILES string of the molecule is CON(C)C(=O)c1ccc2cc(-c3ccccc3C)[nH]c2c1. The van der Waals surface area contributed by atoms with Crippen molar-refractivity contribution >= 4 is 16.8 Å². The Hall–Kier alpha value is -2.59. The third-order valence-corrected chi connectivity index (χ3v) is 3.86. The molecule has 0 aliphatic carbocycles. The highest BCUT2D eigenvalue weighted by atomic mass is 16.7. The Bertz CT molecular complexity index is 836. The summed E-state index contributed by atoms with van der Waals surface area (Å²) in [6.45, 7) is 2.09. The maximum absolute atomic E-state index is 12.1. The first kappa shape index (κ1) is 14.4. The van der Waals surface area contributed by atoms with Crippen LogP contribution >= 0.6 is 0 Å². The maximum atomic E-state index is 12.1. The molecular formula is C18H18N2O2. The third-order valence-electron chi connectivity index (χ3n) is 3.86. The second kappa shape index (κ2) is 5.66. The lowest BCUT2D eigenvalue weighted by Crippen LogP contribution is -2.25. The Morgan fingerprint density at radius 1 is 1.14 bits per heavy atom. The van der Waals surface area contributed by atoms with Crippen molar-refractivity contribution in [3.05, 3.63) is 59.7 Å². The second-order valence-corrected chi connectivity index (χ2v) is 5.29. The van der Waals surface area contributed by atoms with E-state index in [9.17, 15) is 4.79 Å². The van der Waals surface area contributed by atoms with Gasteiger partial charge in [0.2, 0.25) is 0 Å². The number of nitrogens with one attached hydrogen (secondary N) is 1. The molecule has 0 unspecified atom stereocenters. The molecule has 1 aromatic heterocycles. The molecule has 3 rings (SSSR count). The summed E-state index contributed by atoms with van der Waals surface area (Å²) in [5, 5.41) is 2.29. The number of aromatic amines is 1. The second-order valence-electron chi connectivity index (χ2n) is 5.29. The summed E-state index contributed by atoms with van der Waals surface area (Å²) in [7, 11) is 3.07. The molecule has 2 aromatic carbocycles. The van der Waals surface area contributed by atoms with Crippen LogP contribution in [0, 0.1) is 6.92 Å². The number of carbonyl (C=O) groups is 1. The van der Waals surface area contributed by atoms with Crippen molar-refractivity contribution in [2.45, 2.75) is 6.92 Å². The van der Waals surface area contributed by atoms with Gasteiger partial charge in [0, 0.05) is 34.8 Å². The third kappa shape index (κ3) is 2.49. The van der Waals surface area contributed by atoms with E-state index in [4.69, 9.17) is 4.84 Å². The normalized spacial score (nSPS) is 10.9. The lowest BCUT2D eigenvalue weighted by molar-refractivity contribution is -0.0756. The van der Waals surface area contributed by atoms with Crippen LogP contribution in [0.4, 0.5) is 0 Å². The molecule has 1 heterocycles. The molecule has 0 bridgehead atoms. The average Bonchev–Trinajstić information content (AvgIpc) is 2.96. The number of aromatic nitrogens is 1. The number of rotatable bonds is 3. The minimum absolute atomic E-state index is 0.170. The molecule has 1 N–H and O–H groups in total. The van der Waals surface area contributed by atoms with E-state index < -0.39 is 0 Å². The summed E-state index contributed by atoms with van der Waals surface area (Å²) < 4.78 is 0. The Morgan fingerprint density at radius 2 is 1.91 bits per heavy atom. The first-order valence-corrected chi connectivity index (χ1v) is 7.11. The highest BCUT2D eigenvalue weighted by molar-refractivity contribution is 5.98. The molecule has 4 nitrogen and oxygen atoms in total. The van der Waals surface area contributed by atoms with E-state index in [1.165, 1.54) is 23.3 Å². The zero-order valence-electron chi connectivity index (χ0n) is 12.9. The number of nitrogens with zero attached hydrogens (tertiary/aromatic N) is 1. The maximum Gasteiger partial charge on any atom is 0.277 e. The Balaban J connectivity index is 2.04. The number of hydrogen-bond acceptors (Lipinski definition) is 2. The lowest BCUT2D eigenvalue weighted by Gasteiger charge is -2.13. The number of carbonyl (C=O) groups excluding carboxylic acids is 1. The molecule has 3 aromatic rings. The average molecular weight is 294 g/mol. The van der Waals surface area contributed by atoms with Crippen LogP contribution in [0.25, 0.3) is 22.2 Å². The molecule has 0 aliphatic rings. The largest absolute Gasteiger partial charge is 0.355 e. The van der Waals surface area contributed by atoms with Crippen molar-refractivity contribution in [1.82, 2.24) is 10.0 Å². The number of aryl methyl sites for hydroxylation is 1. The summed E-state index contributed by atoms with van der Waals surface area (Å²) >= 11 is 0. The number of benzene rings is 2. The van der Waals surface area contributed by atoms with Crippen molar-refractivity contribution < 1.29 is 9.63 Å². The smallest absolute Gasteiger partial charge is 0.277 e. The van der Waals surface area contributed by atoms with Gasteiger partial charge in [-0.05, 0) is 30.7 Å². The predicted molar refractivity (Wildman–Crippen MR) is 87.6 cm³/mol. The van der Waals surface area contributed by atoms with Crippen LogP contribution in [0.2, 0.25) is 0 Å². The number of fused-ring (bicyclic) bond motifs is 1. The molecule has 0 radical (unpaired) electrons. The molecule has 4 heteroatoms. The van der Waals surface area contributed by atoms with Crippen molar-refractivity contribution in [3.63, 3.8) is 0 Å². The van der Waals surface area contributed by atoms with E-state index >= 15 is 0 Å². The van der Waals surface area contributed by atoms with Gasteiger partial charge in [-0.3, -0.25) is 9.63 Å². The van der Waals surface area contributed by atoms with E-state index in [1.807, 2.05) is 30.3 Å². The Kier molecular flexibility index (Phi) is 3.69. The van der Waals surface area contributed by atoms with Gasteiger partial charge in [0.15, 0.2) is 0 Å². The number of amides is 1. The number of hydroxylamine groups is 2. The van der Waals surface area contributed by atoms with Gasteiger partial charge >= 0.3 is 0 Å². The van der Waals surface area contributed by atoms with Crippen LogP contribution in [-0.2, 0) is 4.84 Å². The molecule has 0 spiro atoms. The fraction of sp³-hybridized carbons (Fsp3) is 0.167. The van der Waals surface area contributed by atoms with Crippen LogP contribution in [0.1, 0.15) is 15.9 Å². The van der Waals surface area contributed by atoms with E-state index in [2.05, 4.69) is 30.1 Å². The summed E-state index contributed by atoms with van der Waals surface area (Å²) in [6, 6.07) is 15.9. The molecule has 112 valence electrons. The highest BCUT2D eigenvalue weighted by Gasteiger charge is 2.13. The van der Waals surface area contributed by atoms with Crippen molar-refractivity contribution in [2.24, 2.45) is 0 Å². The topological polar surface area (TPSA) is 45.3 Å². The number of H-pyrrole nitrogens is 1. The first-order chi connectivity index (χ1) is 10.6. The summed E-state index contributed by atoms with van der Waals surface area (Å²) in [5.41, 5.74) is 4.96. The Labute approximate surface area is 129 Å². The van der Waals surface area contributed by atoms with Gasteiger partial charge < -0.3 is 4.98 Å². The summed E-state index contributed by atoms with van der Waals surface area (Å²) in [6.07, 6.45) is 0. The standard InChI is InChI=1S/C18H18N2O2/c1-12-6-4-5-7-15(12)17-10-13-8-9-14(11-16(13)19-17)18(21)20(2)22-3/h4-11,19H,1-3H3. The van der Waals surface area contributed by atoms with Crippen molar-refractivity contribution in [2.75, 3.05) is 14.2 Å². The molecule has 0 saturated heterocycles. The lowest BCUT2D eigenvalue weighted by atomic mass is 10.1. The predicted octanol–water partition coefficient (Wildman–Crippen LogP) is 3.78. The molecule has 0 atom stereocenters. The zero-order chi connectivity index (χ0) is 15.7. The molecular weight excluding hydrogens is 276 g/mol. The summed E-state index contributed by atoms with van der Waals surface area (Å²) in [5.74, 6) is -0.170. The van der Waals surface area contributed by atoms with Gasteiger partial charge in [0.1, 0.15) is 0 Å².